The first-order chi connectivity index (χ1) is 13.8. The molecule has 0 aromatic heterocycles. The summed E-state index contributed by atoms with van der Waals surface area (Å²) in [6.45, 7) is 3.06. The maximum absolute atomic E-state index is 14.4. The second kappa shape index (κ2) is 8.84. The molecular formula is C20H23F6N3O. The van der Waals surface area contributed by atoms with E-state index < -0.39 is 65.8 Å². The Hall–Kier alpha value is -2.28. The van der Waals surface area contributed by atoms with Crippen LogP contribution in [0.25, 0.3) is 0 Å². The fourth-order valence-corrected chi connectivity index (χ4v) is 3.16. The quantitative estimate of drug-likeness (QED) is 0.556. The number of amides is 1. The predicted octanol–water partition coefficient (Wildman–Crippen LogP) is 4.63. The second-order valence-electron chi connectivity index (χ2n) is 8.09. The number of benzene rings is 1. The lowest BCUT2D eigenvalue weighted by molar-refractivity contribution is -0.163. The van der Waals surface area contributed by atoms with E-state index >= 15 is 0 Å². The first kappa shape index (κ1) is 24.0. The molecule has 0 bridgehead atoms. The molecule has 0 aliphatic heterocycles. The van der Waals surface area contributed by atoms with Crippen molar-refractivity contribution in [3.05, 3.63) is 35.6 Å². The van der Waals surface area contributed by atoms with Crippen molar-refractivity contribution in [3.8, 4) is 6.07 Å². The highest BCUT2D eigenvalue weighted by atomic mass is 19.4. The maximum atomic E-state index is 14.4. The van der Waals surface area contributed by atoms with Gasteiger partial charge in [0.05, 0.1) is 12.1 Å². The van der Waals surface area contributed by atoms with E-state index in [0.717, 1.165) is 24.3 Å². The number of carbonyl (C=O) groups excluding carboxylic acids is 1. The van der Waals surface area contributed by atoms with E-state index in [9.17, 15) is 31.1 Å². The van der Waals surface area contributed by atoms with Gasteiger partial charge in [0.25, 0.3) is 0 Å². The highest BCUT2D eigenvalue weighted by Crippen LogP contribution is 2.37. The Balaban J connectivity index is 2.31. The van der Waals surface area contributed by atoms with Crippen LogP contribution in [0.4, 0.5) is 26.3 Å². The zero-order valence-electron chi connectivity index (χ0n) is 16.5. The van der Waals surface area contributed by atoms with Crippen molar-refractivity contribution >= 4 is 5.91 Å². The van der Waals surface area contributed by atoms with E-state index in [2.05, 4.69) is 5.32 Å². The van der Waals surface area contributed by atoms with Crippen molar-refractivity contribution in [2.45, 2.75) is 69.3 Å². The Morgan fingerprint density at radius 3 is 2.13 bits per heavy atom. The van der Waals surface area contributed by atoms with Gasteiger partial charge in [-0.3, -0.25) is 10.1 Å². The Morgan fingerprint density at radius 1 is 1.13 bits per heavy atom. The minimum absolute atomic E-state index is 0.297. The van der Waals surface area contributed by atoms with Crippen LogP contribution >= 0.6 is 0 Å². The molecule has 1 aliphatic carbocycles. The molecule has 166 valence electrons. The van der Waals surface area contributed by atoms with Gasteiger partial charge in [-0.05, 0) is 36.5 Å². The molecule has 10 heteroatoms. The molecule has 0 spiro atoms. The molecule has 0 saturated heterocycles. The number of hydrogen-bond donors (Lipinski definition) is 2. The second-order valence-corrected chi connectivity index (χ2v) is 8.09. The standard InChI is InChI=1S/C20H23F6N3O/c1-12(2)9-19(22,23)10-15(17(30)29-18(11-27)7-8-18)28-16(20(24,25)26)13-3-5-14(21)6-4-13/h3-6,12,15-16,28H,7-10H2,1-2H3,(H,29,30)/t15-,16-/m0/s1. The Bertz CT molecular complexity index is 781. The molecule has 0 radical (unpaired) electrons. The lowest BCUT2D eigenvalue weighted by Crippen LogP contribution is -2.53. The fourth-order valence-electron chi connectivity index (χ4n) is 3.16. The third kappa shape index (κ3) is 6.62. The highest BCUT2D eigenvalue weighted by molar-refractivity contribution is 5.83. The summed E-state index contributed by atoms with van der Waals surface area (Å²) in [7, 11) is 0. The SMILES string of the molecule is CC(C)CC(F)(F)C[C@H](N[C@@H](c1ccc(F)cc1)C(F)(F)F)C(=O)NC1(C#N)CC1. The summed E-state index contributed by atoms with van der Waals surface area (Å²) >= 11 is 0. The van der Waals surface area contributed by atoms with Gasteiger partial charge >= 0.3 is 6.18 Å². The molecule has 1 fully saturated rings. The van der Waals surface area contributed by atoms with Crippen LogP contribution in [0.5, 0.6) is 0 Å². The summed E-state index contributed by atoms with van der Waals surface area (Å²) in [5.74, 6) is -5.73. The van der Waals surface area contributed by atoms with Gasteiger partial charge in [0.2, 0.25) is 11.8 Å². The smallest absolute Gasteiger partial charge is 0.336 e. The van der Waals surface area contributed by atoms with E-state index in [1.54, 1.807) is 0 Å². The van der Waals surface area contributed by atoms with Crippen LogP contribution in [0.15, 0.2) is 24.3 Å². The first-order valence-corrected chi connectivity index (χ1v) is 9.46. The van der Waals surface area contributed by atoms with Crippen LogP contribution in [-0.2, 0) is 4.79 Å². The molecule has 1 aliphatic rings. The summed E-state index contributed by atoms with van der Waals surface area (Å²) < 4.78 is 82.9. The van der Waals surface area contributed by atoms with Crippen molar-refractivity contribution in [1.82, 2.24) is 10.6 Å². The molecule has 2 N–H and O–H groups in total. The Kier molecular flexibility index (Phi) is 7.07. The monoisotopic (exact) mass is 435 g/mol. The van der Waals surface area contributed by atoms with Crippen molar-refractivity contribution in [2.24, 2.45) is 5.92 Å². The van der Waals surface area contributed by atoms with Crippen molar-refractivity contribution in [3.63, 3.8) is 0 Å². The fraction of sp³-hybridized carbons (Fsp3) is 0.600. The number of halogens is 6. The van der Waals surface area contributed by atoms with Crippen molar-refractivity contribution < 1.29 is 31.1 Å². The molecule has 2 rings (SSSR count). The number of nitrogens with one attached hydrogen (secondary N) is 2. The number of nitriles is 1. The van der Waals surface area contributed by atoms with Crippen molar-refractivity contribution in [1.29, 1.82) is 5.26 Å². The molecule has 0 unspecified atom stereocenters. The summed E-state index contributed by atoms with van der Waals surface area (Å²) in [6.07, 6.45) is -6.13. The van der Waals surface area contributed by atoms with Crippen LogP contribution in [0.3, 0.4) is 0 Å². The minimum Gasteiger partial charge on any atom is -0.336 e. The van der Waals surface area contributed by atoms with Crippen LogP contribution in [-0.4, -0.2) is 29.6 Å². The third-order valence-corrected chi connectivity index (χ3v) is 4.75. The van der Waals surface area contributed by atoms with Gasteiger partial charge in [-0.2, -0.15) is 18.4 Å². The average Bonchev–Trinajstić information content (AvgIpc) is 3.37. The lowest BCUT2D eigenvalue weighted by Gasteiger charge is -2.30. The van der Waals surface area contributed by atoms with Crippen molar-refractivity contribution in [2.75, 3.05) is 0 Å². The Morgan fingerprint density at radius 2 is 1.70 bits per heavy atom. The van der Waals surface area contributed by atoms with E-state index in [1.165, 1.54) is 13.8 Å². The summed E-state index contributed by atoms with van der Waals surface area (Å²) in [5, 5.41) is 13.4. The molecule has 1 amide bonds. The van der Waals surface area contributed by atoms with E-state index in [4.69, 9.17) is 5.26 Å². The minimum atomic E-state index is -4.93. The van der Waals surface area contributed by atoms with Gasteiger partial charge in [0.15, 0.2) is 0 Å². The zero-order chi connectivity index (χ0) is 22.7. The molecule has 1 aromatic carbocycles. The maximum Gasteiger partial charge on any atom is 0.407 e. The summed E-state index contributed by atoms with van der Waals surface area (Å²) in [5.41, 5.74) is -1.65. The number of rotatable bonds is 9. The third-order valence-electron chi connectivity index (χ3n) is 4.75. The van der Waals surface area contributed by atoms with Crippen LogP contribution in [0.1, 0.15) is 51.1 Å². The number of carbonyl (C=O) groups is 1. The largest absolute Gasteiger partial charge is 0.407 e. The van der Waals surface area contributed by atoms with E-state index in [-0.39, 0.29) is 0 Å². The van der Waals surface area contributed by atoms with Gasteiger partial charge in [0, 0.05) is 12.8 Å². The molecular weight excluding hydrogens is 412 g/mol. The normalized spacial score (nSPS) is 17.9. The summed E-state index contributed by atoms with van der Waals surface area (Å²) in [4.78, 5) is 12.6. The van der Waals surface area contributed by atoms with Crippen LogP contribution in [0.2, 0.25) is 0 Å². The van der Waals surface area contributed by atoms with Gasteiger partial charge in [-0.15, -0.1) is 0 Å². The van der Waals surface area contributed by atoms with Crippen LogP contribution < -0.4 is 10.6 Å². The Labute approximate surface area is 170 Å². The zero-order valence-corrected chi connectivity index (χ0v) is 16.5. The molecule has 2 atom stereocenters. The number of alkyl halides is 5. The predicted molar refractivity (Wildman–Crippen MR) is 96.9 cm³/mol. The number of hydrogen-bond acceptors (Lipinski definition) is 3. The van der Waals surface area contributed by atoms with E-state index in [1.807, 2.05) is 11.4 Å². The van der Waals surface area contributed by atoms with E-state index in [0.29, 0.717) is 12.8 Å². The number of nitrogens with zero attached hydrogens (tertiary/aromatic N) is 1. The average molecular weight is 435 g/mol. The first-order valence-electron chi connectivity index (χ1n) is 9.46. The van der Waals surface area contributed by atoms with Gasteiger partial charge in [0.1, 0.15) is 17.4 Å². The molecule has 4 nitrogen and oxygen atoms in total. The summed E-state index contributed by atoms with van der Waals surface area (Å²) in [6, 6.07) is 0.831. The molecule has 1 aromatic rings. The van der Waals surface area contributed by atoms with Gasteiger partial charge in [-0.1, -0.05) is 26.0 Å². The highest BCUT2D eigenvalue weighted by Gasteiger charge is 2.49. The molecule has 1 saturated carbocycles. The lowest BCUT2D eigenvalue weighted by atomic mass is 9.96. The van der Waals surface area contributed by atoms with Gasteiger partial charge in [-0.25, -0.2) is 13.2 Å². The molecule has 30 heavy (non-hydrogen) atoms. The topological polar surface area (TPSA) is 64.9 Å². The molecule has 0 heterocycles. The van der Waals surface area contributed by atoms with Crippen LogP contribution in [0, 0.1) is 23.1 Å². The van der Waals surface area contributed by atoms with Gasteiger partial charge < -0.3 is 5.32 Å².